The van der Waals surface area contributed by atoms with Crippen LogP contribution < -0.4 is 5.73 Å². The summed E-state index contributed by atoms with van der Waals surface area (Å²) in [6.45, 7) is 4.25. The van der Waals surface area contributed by atoms with Gasteiger partial charge in [-0.15, -0.1) is 0 Å². The lowest BCUT2D eigenvalue weighted by Crippen LogP contribution is -2.24. The standard InChI is InChI=1S/C19H22FN3/c1-3-13(2)15(7-8-21)16-11-18(20)14(12-22)10-17(16)19-6-4-5-9-23-19/h4-10,13,15-16H,3,11,21H2,1-2H3. The fourth-order valence-electron chi connectivity index (χ4n) is 3.11. The van der Waals surface area contributed by atoms with Crippen molar-refractivity contribution >= 4 is 5.57 Å². The average molecular weight is 311 g/mol. The van der Waals surface area contributed by atoms with Crippen LogP contribution in [0, 0.1) is 29.1 Å². The molecule has 1 heterocycles. The van der Waals surface area contributed by atoms with Crippen molar-refractivity contribution in [2.75, 3.05) is 0 Å². The zero-order valence-corrected chi connectivity index (χ0v) is 13.5. The highest BCUT2D eigenvalue weighted by atomic mass is 19.1. The van der Waals surface area contributed by atoms with Crippen LogP contribution in [0.5, 0.6) is 0 Å². The number of nitrogens with zero attached hydrogens (tertiary/aromatic N) is 2. The lowest BCUT2D eigenvalue weighted by atomic mass is 9.72. The Hall–Kier alpha value is -2.41. The normalized spacial score (nSPS) is 21.0. The Morgan fingerprint density at radius 2 is 2.30 bits per heavy atom. The number of nitrogens with two attached hydrogens (primary N) is 1. The van der Waals surface area contributed by atoms with Crippen LogP contribution in [0.3, 0.4) is 0 Å². The number of nitriles is 1. The number of hydrogen-bond acceptors (Lipinski definition) is 3. The van der Waals surface area contributed by atoms with Gasteiger partial charge in [0.2, 0.25) is 0 Å². The van der Waals surface area contributed by atoms with E-state index in [1.165, 1.54) is 6.20 Å². The van der Waals surface area contributed by atoms with Crippen molar-refractivity contribution in [3.8, 4) is 6.07 Å². The smallest absolute Gasteiger partial charge is 0.118 e. The number of allylic oxidation sites excluding steroid dienone is 5. The summed E-state index contributed by atoms with van der Waals surface area (Å²) in [5.41, 5.74) is 7.42. The molecule has 0 saturated heterocycles. The van der Waals surface area contributed by atoms with Gasteiger partial charge in [0, 0.05) is 12.6 Å². The molecular weight excluding hydrogens is 289 g/mol. The molecule has 0 aromatic carbocycles. The molecule has 4 heteroatoms. The highest BCUT2D eigenvalue weighted by molar-refractivity contribution is 5.71. The summed E-state index contributed by atoms with van der Waals surface area (Å²) in [4.78, 5) is 4.40. The van der Waals surface area contributed by atoms with E-state index in [2.05, 4.69) is 18.8 Å². The minimum Gasteiger partial charge on any atom is -0.405 e. The summed E-state index contributed by atoms with van der Waals surface area (Å²) >= 11 is 0. The zero-order chi connectivity index (χ0) is 16.8. The first-order valence-electron chi connectivity index (χ1n) is 7.92. The van der Waals surface area contributed by atoms with Crippen LogP contribution in [0.4, 0.5) is 4.39 Å². The number of rotatable bonds is 5. The van der Waals surface area contributed by atoms with Crippen LogP contribution in [0.1, 0.15) is 32.4 Å². The number of hydrogen-bond donors (Lipinski definition) is 1. The molecule has 0 aliphatic heterocycles. The van der Waals surface area contributed by atoms with Crippen LogP contribution in [0.2, 0.25) is 0 Å². The lowest BCUT2D eigenvalue weighted by molar-refractivity contribution is 0.323. The number of halogens is 1. The van der Waals surface area contributed by atoms with Gasteiger partial charge >= 0.3 is 0 Å². The lowest BCUT2D eigenvalue weighted by Gasteiger charge is -2.32. The average Bonchev–Trinajstić information content (AvgIpc) is 2.59. The van der Waals surface area contributed by atoms with Gasteiger partial charge in [0.05, 0.1) is 11.3 Å². The van der Waals surface area contributed by atoms with E-state index in [9.17, 15) is 4.39 Å². The van der Waals surface area contributed by atoms with Gasteiger partial charge in [-0.1, -0.05) is 32.4 Å². The third-order valence-corrected chi connectivity index (χ3v) is 4.57. The van der Waals surface area contributed by atoms with Crippen molar-refractivity contribution in [3.63, 3.8) is 0 Å². The molecule has 120 valence electrons. The van der Waals surface area contributed by atoms with Crippen molar-refractivity contribution in [2.45, 2.75) is 26.7 Å². The molecule has 1 aromatic rings. The van der Waals surface area contributed by atoms with Crippen molar-refractivity contribution in [2.24, 2.45) is 23.5 Å². The molecule has 3 nitrogen and oxygen atoms in total. The molecule has 3 unspecified atom stereocenters. The second kappa shape index (κ2) is 7.73. The van der Waals surface area contributed by atoms with Crippen LogP contribution >= 0.6 is 0 Å². The molecule has 0 bridgehead atoms. The predicted molar refractivity (Wildman–Crippen MR) is 90.3 cm³/mol. The quantitative estimate of drug-likeness (QED) is 0.878. The summed E-state index contributed by atoms with van der Waals surface area (Å²) in [6, 6.07) is 7.59. The van der Waals surface area contributed by atoms with Gasteiger partial charge in [-0.25, -0.2) is 4.39 Å². The van der Waals surface area contributed by atoms with E-state index in [0.29, 0.717) is 5.92 Å². The first kappa shape index (κ1) is 17.0. The highest BCUT2D eigenvalue weighted by Crippen LogP contribution is 2.43. The van der Waals surface area contributed by atoms with Crippen molar-refractivity contribution in [1.82, 2.24) is 4.98 Å². The number of pyridine rings is 1. The maximum absolute atomic E-state index is 14.3. The summed E-state index contributed by atoms with van der Waals surface area (Å²) < 4.78 is 14.3. The topological polar surface area (TPSA) is 62.7 Å². The molecule has 0 amide bonds. The third-order valence-electron chi connectivity index (χ3n) is 4.57. The summed E-state index contributed by atoms with van der Waals surface area (Å²) in [6.07, 6.45) is 8.02. The van der Waals surface area contributed by atoms with Gasteiger partial charge in [-0.05, 0) is 47.7 Å². The minimum absolute atomic E-state index is 0.0725. The molecule has 2 rings (SSSR count). The first-order valence-corrected chi connectivity index (χ1v) is 7.92. The molecule has 23 heavy (non-hydrogen) atoms. The van der Waals surface area contributed by atoms with E-state index in [1.807, 2.05) is 30.3 Å². The second-order valence-electron chi connectivity index (χ2n) is 5.90. The fourth-order valence-corrected chi connectivity index (χ4v) is 3.11. The Balaban J connectivity index is 2.51. The van der Waals surface area contributed by atoms with E-state index >= 15 is 0 Å². The molecular formula is C19H22FN3. The molecule has 1 aliphatic rings. The van der Waals surface area contributed by atoms with E-state index in [4.69, 9.17) is 11.0 Å². The monoisotopic (exact) mass is 311 g/mol. The van der Waals surface area contributed by atoms with Gasteiger partial charge in [0.1, 0.15) is 11.9 Å². The van der Waals surface area contributed by atoms with Crippen LogP contribution in [0.15, 0.2) is 54.1 Å². The van der Waals surface area contributed by atoms with Crippen molar-refractivity contribution < 1.29 is 4.39 Å². The SMILES string of the molecule is CCC(C)C(C=CN)C1CC(F)=C(C#N)C=C1c1ccccn1. The van der Waals surface area contributed by atoms with Crippen LogP contribution in [-0.2, 0) is 0 Å². The third kappa shape index (κ3) is 3.68. The van der Waals surface area contributed by atoms with E-state index < -0.39 is 0 Å². The summed E-state index contributed by atoms with van der Waals surface area (Å²) in [5.74, 6) is 0.0280. The van der Waals surface area contributed by atoms with E-state index in [0.717, 1.165) is 17.7 Å². The maximum Gasteiger partial charge on any atom is 0.118 e. The van der Waals surface area contributed by atoms with Gasteiger partial charge < -0.3 is 5.73 Å². The zero-order valence-electron chi connectivity index (χ0n) is 13.5. The Kier molecular flexibility index (Phi) is 5.70. The second-order valence-corrected chi connectivity index (χ2v) is 5.90. The van der Waals surface area contributed by atoms with E-state index in [1.54, 1.807) is 12.3 Å². The molecule has 2 N–H and O–H groups in total. The maximum atomic E-state index is 14.3. The molecule has 0 radical (unpaired) electrons. The molecule has 0 spiro atoms. The van der Waals surface area contributed by atoms with E-state index in [-0.39, 0.29) is 29.7 Å². The van der Waals surface area contributed by atoms with Crippen LogP contribution in [0.25, 0.3) is 5.57 Å². The largest absolute Gasteiger partial charge is 0.405 e. The minimum atomic E-state index is -0.351. The Morgan fingerprint density at radius 1 is 1.52 bits per heavy atom. The van der Waals surface area contributed by atoms with Crippen molar-refractivity contribution in [3.05, 3.63) is 59.8 Å². The highest BCUT2D eigenvalue weighted by Gasteiger charge is 2.32. The first-order chi connectivity index (χ1) is 11.1. The molecule has 3 atom stereocenters. The van der Waals surface area contributed by atoms with Gasteiger partial charge in [0.25, 0.3) is 0 Å². The Morgan fingerprint density at radius 3 is 2.87 bits per heavy atom. The summed E-state index contributed by atoms with van der Waals surface area (Å²) in [7, 11) is 0. The molecule has 0 saturated carbocycles. The number of aromatic nitrogens is 1. The van der Waals surface area contributed by atoms with Crippen molar-refractivity contribution in [1.29, 1.82) is 5.26 Å². The summed E-state index contributed by atoms with van der Waals surface area (Å²) in [5, 5.41) is 9.16. The molecule has 1 aromatic heterocycles. The van der Waals surface area contributed by atoms with Crippen LogP contribution in [-0.4, -0.2) is 4.98 Å². The van der Waals surface area contributed by atoms with Gasteiger partial charge in [-0.3, -0.25) is 4.98 Å². The molecule has 1 aliphatic carbocycles. The van der Waals surface area contributed by atoms with Gasteiger partial charge in [-0.2, -0.15) is 5.26 Å². The Bertz CT molecular complexity index is 668. The Labute approximate surface area is 137 Å². The fraction of sp³-hybridized carbons (Fsp3) is 0.368. The predicted octanol–water partition coefficient (Wildman–Crippen LogP) is 4.37. The van der Waals surface area contributed by atoms with Gasteiger partial charge in [0.15, 0.2) is 0 Å². The molecule has 0 fully saturated rings.